The van der Waals surface area contributed by atoms with Crippen molar-refractivity contribution < 1.29 is 0 Å². The molecule has 0 bridgehead atoms. The maximum atomic E-state index is 6.15. The van der Waals surface area contributed by atoms with Crippen molar-refractivity contribution in [3.8, 4) is 5.69 Å². The van der Waals surface area contributed by atoms with Gasteiger partial charge >= 0.3 is 0 Å². The lowest BCUT2D eigenvalue weighted by Gasteiger charge is -2.10. The SMILES string of the molecule is Cc1nn(C)c2c1nc(N)n2-c1cccc2cnccc12. The summed E-state index contributed by atoms with van der Waals surface area (Å²) in [5, 5.41) is 6.57. The fourth-order valence-corrected chi connectivity index (χ4v) is 2.83. The molecule has 1 aromatic carbocycles. The first-order valence-electron chi connectivity index (χ1n) is 6.67. The van der Waals surface area contributed by atoms with Gasteiger partial charge in [0.1, 0.15) is 5.52 Å². The van der Waals surface area contributed by atoms with Crippen LogP contribution in [0.15, 0.2) is 36.7 Å². The molecule has 0 amide bonds. The zero-order chi connectivity index (χ0) is 14.6. The minimum atomic E-state index is 0.463. The Morgan fingerprint density at radius 3 is 2.90 bits per heavy atom. The number of aryl methyl sites for hydroxylation is 2. The molecule has 21 heavy (non-hydrogen) atoms. The maximum absolute atomic E-state index is 6.15. The molecule has 0 saturated heterocycles. The van der Waals surface area contributed by atoms with Crippen LogP contribution < -0.4 is 5.73 Å². The Kier molecular flexibility index (Phi) is 2.29. The molecule has 0 aliphatic carbocycles. The molecule has 0 atom stereocenters. The number of nitrogen functional groups attached to an aromatic ring is 1. The quantitative estimate of drug-likeness (QED) is 0.579. The molecule has 0 saturated carbocycles. The predicted molar refractivity (Wildman–Crippen MR) is 82.3 cm³/mol. The van der Waals surface area contributed by atoms with Crippen molar-refractivity contribution in [1.29, 1.82) is 0 Å². The number of aromatic nitrogens is 5. The molecule has 0 radical (unpaired) electrons. The number of hydrogen-bond acceptors (Lipinski definition) is 4. The Bertz CT molecular complexity index is 973. The number of benzene rings is 1. The minimum Gasteiger partial charge on any atom is -0.369 e. The van der Waals surface area contributed by atoms with Crippen LogP contribution >= 0.6 is 0 Å². The number of fused-ring (bicyclic) bond motifs is 2. The fourth-order valence-electron chi connectivity index (χ4n) is 2.83. The molecule has 3 aromatic heterocycles. The number of imidazole rings is 1. The molecular weight excluding hydrogens is 264 g/mol. The molecule has 4 rings (SSSR count). The second-order valence-electron chi connectivity index (χ2n) is 5.06. The summed E-state index contributed by atoms with van der Waals surface area (Å²) in [7, 11) is 1.90. The van der Waals surface area contributed by atoms with Crippen LogP contribution in [0.5, 0.6) is 0 Å². The van der Waals surface area contributed by atoms with E-state index in [-0.39, 0.29) is 0 Å². The van der Waals surface area contributed by atoms with E-state index in [4.69, 9.17) is 5.73 Å². The van der Waals surface area contributed by atoms with E-state index in [2.05, 4.69) is 15.1 Å². The third-order valence-corrected chi connectivity index (χ3v) is 3.73. The van der Waals surface area contributed by atoms with Gasteiger partial charge in [0.15, 0.2) is 5.65 Å². The maximum Gasteiger partial charge on any atom is 0.207 e. The van der Waals surface area contributed by atoms with E-state index in [1.165, 1.54) is 0 Å². The zero-order valence-electron chi connectivity index (χ0n) is 11.8. The standard InChI is InChI=1S/C15H14N6/c1-9-13-14(20(2)19-9)21(15(16)18-13)12-5-3-4-10-8-17-7-6-11(10)12/h3-8H,1-2H3,(H2,16,18). The largest absolute Gasteiger partial charge is 0.369 e. The Morgan fingerprint density at radius 2 is 2.05 bits per heavy atom. The number of pyridine rings is 1. The van der Waals surface area contributed by atoms with Gasteiger partial charge < -0.3 is 5.73 Å². The third kappa shape index (κ3) is 1.56. The van der Waals surface area contributed by atoms with E-state index in [0.29, 0.717) is 5.95 Å². The van der Waals surface area contributed by atoms with Crippen molar-refractivity contribution in [2.75, 3.05) is 5.73 Å². The van der Waals surface area contributed by atoms with Crippen molar-refractivity contribution in [2.45, 2.75) is 6.92 Å². The smallest absolute Gasteiger partial charge is 0.207 e. The second-order valence-corrected chi connectivity index (χ2v) is 5.06. The lowest BCUT2D eigenvalue weighted by atomic mass is 10.1. The molecule has 0 aliphatic heterocycles. The number of rotatable bonds is 1. The Labute approximate surface area is 120 Å². The average molecular weight is 278 g/mol. The number of hydrogen-bond donors (Lipinski definition) is 1. The third-order valence-electron chi connectivity index (χ3n) is 3.73. The van der Waals surface area contributed by atoms with Gasteiger partial charge in [-0.05, 0) is 19.1 Å². The minimum absolute atomic E-state index is 0.463. The highest BCUT2D eigenvalue weighted by Crippen LogP contribution is 2.29. The molecule has 2 N–H and O–H groups in total. The van der Waals surface area contributed by atoms with E-state index < -0.39 is 0 Å². The van der Waals surface area contributed by atoms with E-state index >= 15 is 0 Å². The number of nitrogens with two attached hydrogens (primary N) is 1. The van der Waals surface area contributed by atoms with Crippen LogP contribution in [-0.2, 0) is 7.05 Å². The van der Waals surface area contributed by atoms with Crippen LogP contribution in [0.3, 0.4) is 0 Å². The first kappa shape index (κ1) is 11.9. The van der Waals surface area contributed by atoms with Crippen molar-refractivity contribution in [1.82, 2.24) is 24.3 Å². The average Bonchev–Trinajstić information content (AvgIpc) is 2.96. The van der Waals surface area contributed by atoms with Gasteiger partial charge in [-0.25, -0.2) is 9.67 Å². The van der Waals surface area contributed by atoms with Crippen molar-refractivity contribution in [2.24, 2.45) is 7.05 Å². The lowest BCUT2D eigenvalue weighted by molar-refractivity contribution is 0.763. The van der Waals surface area contributed by atoms with Gasteiger partial charge in [0.05, 0.1) is 11.4 Å². The summed E-state index contributed by atoms with van der Waals surface area (Å²) in [5.41, 5.74) is 9.74. The van der Waals surface area contributed by atoms with Gasteiger partial charge in [-0.1, -0.05) is 12.1 Å². The van der Waals surface area contributed by atoms with Crippen LogP contribution in [0.1, 0.15) is 5.69 Å². The molecular formula is C15H14N6. The fraction of sp³-hybridized carbons (Fsp3) is 0.133. The summed E-state index contributed by atoms with van der Waals surface area (Å²) in [6, 6.07) is 8.04. The molecule has 3 heterocycles. The summed E-state index contributed by atoms with van der Waals surface area (Å²) in [6.45, 7) is 1.94. The Balaban J connectivity index is 2.16. The highest BCUT2D eigenvalue weighted by atomic mass is 15.3. The van der Waals surface area contributed by atoms with Crippen molar-refractivity contribution in [3.63, 3.8) is 0 Å². The monoisotopic (exact) mass is 278 g/mol. The van der Waals surface area contributed by atoms with Gasteiger partial charge in [-0.15, -0.1) is 0 Å². The summed E-state index contributed by atoms with van der Waals surface area (Å²) in [6.07, 6.45) is 3.63. The van der Waals surface area contributed by atoms with Crippen LogP contribution in [-0.4, -0.2) is 24.3 Å². The topological polar surface area (TPSA) is 74.6 Å². The molecule has 4 aromatic rings. The summed E-state index contributed by atoms with van der Waals surface area (Å²) in [5.74, 6) is 0.463. The van der Waals surface area contributed by atoms with Gasteiger partial charge in [-0.2, -0.15) is 5.10 Å². The van der Waals surface area contributed by atoms with Gasteiger partial charge in [0.2, 0.25) is 5.95 Å². The highest BCUT2D eigenvalue weighted by molar-refractivity contribution is 5.92. The predicted octanol–water partition coefficient (Wildman–Crippen LogP) is 2.20. The molecule has 0 aliphatic rings. The van der Waals surface area contributed by atoms with Crippen LogP contribution in [0.25, 0.3) is 27.6 Å². The first-order chi connectivity index (χ1) is 10.2. The molecule has 104 valence electrons. The Hall–Kier alpha value is -2.89. The zero-order valence-corrected chi connectivity index (χ0v) is 11.8. The summed E-state index contributed by atoms with van der Waals surface area (Å²) < 4.78 is 3.76. The number of nitrogens with zero attached hydrogens (tertiary/aromatic N) is 5. The Morgan fingerprint density at radius 1 is 1.19 bits per heavy atom. The highest BCUT2D eigenvalue weighted by Gasteiger charge is 2.18. The molecule has 0 unspecified atom stereocenters. The summed E-state index contributed by atoms with van der Waals surface area (Å²) >= 11 is 0. The van der Waals surface area contributed by atoms with Crippen LogP contribution in [0.2, 0.25) is 0 Å². The first-order valence-corrected chi connectivity index (χ1v) is 6.67. The molecule has 6 heteroatoms. The van der Waals surface area contributed by atoms with E-state index in [1.54, 1.807) is 6.20 Å². The van der Waals surface area contributed by atoms with E-state index in [9.17, 15) is 0 Å². The van der Waals surface area contributed by atoms with E-state index in [1.807, 2.05) is 53.7 Å². The number of anilines is 1. The van der Waals surface area contributed by atoms with Crippen molar-refractivity contribution in [3.05, 3.63) is 42.4 Å². The van der Waals surface area contributed by atoms with Gasteiger partial charge in [0.25, 0.3) is 0 Å². The van der Waals surface area contributed by atoms with Crippen LogP contribution in [0, 0.1) is 6.92 Å². The van der Waals surface area contributed by atoms with E-state index in [0.717, 1.165) is 33.3 Å². The van der Waals surface area contributed by atoms with Gasteiger partial charge in [-0.3, -0.25) is 9.55 Å². The summed E-state index contributed by atoms with van der Waals surface area (Å²) in [4.78, 5) is 8.63. The second kappa shape index (κ2) is 4.05. The van der Waals surface area contributed by atoms with Crippen molar-refractivity contribution >= 4 is 27.9 Å². The van der Waals surface area contributed by atoms with Crippen LogP contribution in [0.4, 0.5) is 5.95 Å². The molecule has 0 fully saturated rings. The van der Waals surface area contributed by atoms with Gasteiger partial charge in [0, 0.05) is 30.2 Å². The lowest BCUT2D eigenvalue weighted by Crippen LogP contribution is -2.05. The molecule has 6 nitrogen and oxygen atoms in total. The normalized spacial score (nSPS) is 11.5. The molecule has 0 spiro atoms.